The van der Waals surface area contributed by atoms with Crippen molar-refractivity contribution in [2.75, 3.05) is 4.72 Å². The van der Waals surface area contributed by atoms with Gasteiger partial charge in [-0.15, -0.1) is 0 Å². The molecule has 4 nitrogen and oxygen atoms in total. The predicted octanol–water partition coefficient (Wildman–Crippen LogP) is 4.33. The van der Waals surface area contributed by atoms with Crippen molar-refractivity contribution >= 4 is 32.6 Å². The van der Waals surface area contributed by atoms with Gasteiger partial charge < -0.3 is 4.98 Å². The molecule has 1 heterocycles. The first-order valence-corrected chi connectivity index (χ1v) is 7.38. The van der Waals surface area contributed by atoms with E-state index in [0.29, 0.717) is 10.7 Å². The second-order valence-corrected chi connectivity index (χ2v) is 6.02. The Bertz CT molecular complexity index is 719. The Kier molecular flexibility index (Phi) is 4.75. The normalized spacial score (nSPS) is 13.0. The van der Waals surface area contributed by atoms with Gasteiger partial charge in [0, 0.05) is 22.9 Å². The van der Waals surface area contributed by atoms with Crippen molar-refractivity contribution in [1.29, 1.82) is 0 Å². The van der Waals surface area contributed by atoms with Crippen LogP contribution in [0, 0.1) is 5.82 Å². The van der Waals surface area contributed by atoms with Crippen molar-refractivity contribution in [3.63, 3.8) is 0 Å². The molecule has 11 heteroatoms. The van der Waals surface area contributed by atoms with Crippen LogP contribution in [0.1, 0.15) is 5.56 Å². The van der Waals surface area contributed by atoms with Gasteiger partial charge in [0.05, 0.1) is 20.7 Å². The second-order valence-electron chi connectivity index (χ2n) is 3.96. The zero-order chi connectivity index (χ0) is 16.5. The largest absolute Gasteiger partial charge is 0.419 e. The number of aromatic amines is 1. The van der Waals surface area contributed by atoms with Gasteiger partial charge in [0.25, 0.3) is 0 Å². The summed E-state index contributed by atoms with van der Waals surface area (Å²) in [5.41, 5.74) is -2.22. The number of nitrogens with one attached hydrogen (secondary N) is 2. The summed E-state index contributed by atoms with van der Waals surface area (Å²) in [4.78, 5) is 6.16. The Morgan fingerprint density at radius 3 is 2.45 bits per heavy atom. The summed E-state index contributed by atoms with van der Waals surface area (Å²) in [5.74, 6) is -2.58. The van der Waals surface area contributed by atoms with Gasteiger partial charge in [0.1, 0.15) is 5.82 Å². The third-order valence-corrected chi connectivity index (χ3v) is 4.02. The minimum Gasteiger partial charge on any atom is -0.355 e. The molecule has 0 spiro atoms. The molecular formula is C11H6BrF5N2O2S. The first kappa shape index (κ1) is 16.7. The van der Waals surface area contributed by atoms with E-state index < -0.39 is 40.0 Å². The second kappa shape index (κ2) is 6.24. The molecule has 0 saturated carbocycles. The van der Waals surface area contributed by atoms with Crippen molar-refractivity contribution in [2.45, 2.75) is 11.1 Å². The Hall–Kier alpha value is -1.62. The predicted molar refractivity (Wildman–Crippen MR) is 71.7 cm³/mol. The summed E-state index contributed by atoms with van der Waals surface area (Å²) >= 11 is 3.07. The number of hydrogen-bond donors (Lipinski definition) is 2. The molecule has 1 atom stereocenters. The number of H-pyrrole nitrogens is 1. The summed E-state index contributed by atoms with van der Waals surface area (Å²) in [7, 11) is -1.97. The van der Waals surface area contributed by atoms with E-state index in [1.165, 1.54) is 12.3 Å². The first-order valence-electron chi connectivity index (χ1n) is 5.44. The quantitative estimate of drug-likeness (QED) is 0.745. The van der Waals surface area contributed by atoms with E-state index in [-0.39, 0.29) is 11.0 Å². The van der Waals surface area contributed by atoms with E-state index >= 15 is 0 Å². The molecular weight excluding hydrogens is 399 g/mol. The number of halogens is 6. The molecule has 120 valence electrons. The van der Waals surface area contributed by atoms with Crippen molar-refractivity contribution < 1.29 is 31.2 Å². The topological polar surface area (TPSA) is 54.1 Å². The monoisotopic (exact) mass is 404 g/mol. The molecule has 1 aromatic heterocycles. The zero-order valence-corrected chi connectivity index (χ0v) is 12.7. The van der Waals surface area contributed by atoms with Gasteiger partial charge >= 0.3 is 6.18 Å². The Morgan fingerprint density at radius 1 is 1.27 bits per heavy atom. The molecule has 0 saturated heterocycles. The summed E-state index contributed by atoms with van der Waals surface area (Å²) in [6, 6.07) is 1.92. The Morgan fingerprint density at radius 2 is 1.95 bits per heavy atom. The summed E-state index contributed by atoms with van der Waals surface area (Å²) in [6.07, 6.45) is -3.68. The van der Waals surface area contributed by atoms with Crippen LogP contribution in [0.15, 0.2) is 33.9 Å². The summed E-state index contributed by atoms with van der Waals surface area (Å²) in [6.45, 7) is 0. The fourth-order valence-electron chi connectivity index (χ4n) is 1.53. The minimum absolute atomic E-state index is 0.141. The molecule has 2 rings (SSSR count). The maximum Gasteiger partial charge on any atom is 0.419 e. The molecule has 22 heavy (non-hydrogen) atoms. The highest BCUT2D eigenvalue weighted by atomic mass is 79.9. The van der Waals surface area contributed by atoms with E-state index in [0.717, 1.165) is 0 Å². The number of benzene rings is 1. The SMILES string of the molecule is O=S(Nc1cc(F)c(C(F)(F)F)cc1OF)c1c[nH]c(Br)c1. The molecule has 0 aliphatic rings. The Balaban J connectivity index is 2.35. The van der Waals surface area contributed by atoms with Crippen LogP contribution in [0.4, 0.5) is 27.8 Å². The number of aromatic nitrogens is 1. The highest BCUT2D eigenvalue weighted by Crippen LogP contribution is 2.38. The lowest BCUT2D eigenvalue weighted by molar-refractivity contribution is -0.140. The molecule has 0 bridgehead atoms. The third-order valence-electron chi connectivity index (χ3n) is 2.50. The fourth-order valence-corrected chi connectivity index (χ4v) is 2.91. The number of hydrogen-bond acceptors (Lipinski definition) is 2. The van der Waals surface area contributed by atoms with Crippen molar-refractivity contribution in [3.8, 4) is 5.75 Å². The average molecular weight is 405 g/mol. The molecule has 2 N–H and O–H groups in total. The zero-order valence-electron chi connectivity index (χ0n) is 10.3. The van der Waals surface area contributed by atoms with Crippen molar-refractivity contribution in [2.24, 2.45) is 0 Å². The number of anilines is 1. The lowest BCUT2D eigenvalue weighted by Crippen LogP contribution is -2.11. The van der Waals surface area contributed by atoms with Gasteiger partial charge in [-0.05, 0) is 22.0 Å². The van der Waals surface area contributed by atoms with E-state index in [1.54, 1.807) is 0 Å². The molecule has 0 fully saturated rings. The molecule has 0 amide bonds. The molecule has 0 radical (unpaired) electrons. The van der Waals surface area contributed by atoms with E-state index in [4.69, 9.17) is 0 Å². The highest BCUT2D eigenvalue weighted by molar-refractivity contribution is 9.10. The molecule has 1 unspecified atom stereocenters. The van der Waals surface area contributed by atoms with Gasteiger partial charge in [-0.25, -0.2) is 8.60 Å². The van der Waals surface area contributed by atoms with E-state index in [2.05, 4.69) is 30.6 Å². The van der Waals surface area contributed by atoms with Crippen LogP contribution in [0.25, 0.3) is 0 Å². The standard InChI is InChI=1S/C11H6BrF5N2O2S/c12-10-1-5(4-18-10)22(20)19-8-3-7(13)6(11(14,15)16)2-9(8)21-17/h1-4,18-19H. The van der Waals surface area contributed by atoms with Crippen LogP contribution < -0.4 is 9.66 Å². The lowest BCUT2D eigenvalue weighted by atomic mass is 10.1. The van der Waals surface area contributed by atoms with Crippen LogP contribution in [0.5, 0.6) is 5.75 Å². The average Bonchev–Trinajstić information content (AvgIpc) is 2.84. The van der Waals surface area contributed by atoms with Gasteiger partial charge in [0.15, 0.2) is 16.7 Å². The van der Waals surface area contributed by atoms with Crippen molar-refractivity contribution in [1.82, 2.24) is 4.98 Å². The number of rotatable bonds is 4. The lowest BCUT2D eigenvalue weighted by Gasteiger charge is -2.12. The molecule has 0 aliphatic carbocycles. The van der Waals surface area contributed by atoms with Crippen LogP contribution >= 0.6 is 15.9 Å². The van der Waals surface area contributed by atoms with Gasteiger partial charge in [-0.3, -0.25) is 9.66 Å². The van der Waals surface area contributed by atoms with Crippen LogP contribution in [-0.2, 0) is 17.2 Å². The summed E-state index contributed by atoms with van der Waals surface area (Å²) in [5, 5.41) is 0. The number of alkyl halides is 3. The van der Waals surface area contributed by atoms with Gasteiger partial charge in [0.2, 0.25) is 0 Å². The maximum absolute atomic E-state index is 13.5. The molecule has 0 aliphatic heterocycles. The van der Waals surface area contributed by atoms with Crippen molar-refractivity contribution in [3.05, 3.63) is 40.4 Å². The maximum atomic E-state index is 13.5. The van der Waals surface area contributed by atoms with Crippen LogP contribution in [0.3, 0.4) is 0 Å². The van der Waals surface area contributed by atoms with E-state index in [9.17, 15) is 26.3 Å². The van der Waals surface area contributed by atoms with Crippen LogP contribution in [0.2, 0.25) is 0 Å². The smallest absolute Gasteiger partial charge is 0.355 e. The third kappa shape index (κ3) is 3.58. The van der Waals surface area contributed by atoms with Gasteiger partial charge in [-0.2, -0.15) is 13.2 Å². The molecule has 1 aromatic carbocycles. The van der Waals surface area contributed by atoms with Gasteiger partial charge in [-0.1, -0.05) is 0 Å². The van der Waals surface area contributed by atoms with Crippen LogP contribution in [-0.4, -0.2) is 9.19 Å². The molecule has 2 aromatic rings. The fraction of sp³-hybridized carbons (Fsp3) is 0.0909. The first-order chi connectivity index (χ1) is 10.2. The Labute approximate surface area is 131 Å². The summed E-state index contributed by atoms with van der Waals surface area (Å²) < 4.78 is 78.0. The highest BCUT2D eigenvalue weighted by Gasteiger charge is 2.35. The van der Waals surface area contributed by atoms with E-state index in [1.807, 2.05) is 0 Å². The minimum atomic E-state index is -5.01.